The minimum Gasteiger partial charge on any atom is -0.206 e. The Hall–Kier alpha value is -1.84. The van der Waals surface area contributed by atoms with E-state index >= 15 is 0 Å². The van der Waals surface area contributed by atoms with Gasteiger partial charge in [-0.15, -0.1) is 0 Å². The molecule has 25 heavy (non-hydrogen) atoms. The Labute approximate surface area is 147 Å². The first-order valence-corrected chi connectivity index (χ1v) is 9.20. The molecule has 1 fully saturated rings. The van der Waals surface area contributed by atoms with E-state index in [0.29, 0.717) is 5.92 Å². The van der Waals surface area contributed by atoms with Crippen molar-refractivity contribution in [1.29, 1.82) is 0 Å². The Balaban J connectivity index is 1.72. The summed E-state index contributed by atoms with van der Waals surface area (Å²) in [4.78, 5) is 3.14. The molecule has 134 valence electrons. The van der Waals surface area contributed by atoms with Gasteiger partial charge in [0.05, 0.1) is 0 Å². The number of rotatable bonds is 5. The van der Waals surface area contributed by atoms with Crippen LogP contribution in [-0.4, -0.2) is 4.98 Å². The Bertz CT molecular complexity index is 721. The minimum atomic E-state index is -0.983. The molecule has 1 heterocycles. The predicted octanol–water partition coefficient (Wildman–Crippen LogP) is 6.63. The van der Waals surface area contributed by atoms with Gasteiger partial charge in [0.25, 0.3) is 0 Å². The van der Waals surface area contributed by atoms with Gasteiger partial charge in [-0.2, -0.15) is 13.8 Å². The maximum atomic E-state index is 14.5. The SMILES string of the molecule is CCCCC1CCC(c2ccc(-c3ccc(F)nc3F)c(F)c2)CC1. The zero-order chi connectivity index (χ0) is 17.8. The fraction of sp³-hybridized carbons (Fsp3) is 0.476. The zero-order valence-corrected chi connectivity index (χ0v) is 14.6. The van der Waals surface area contributed by atoms with Crippen LogP contribution >= 0.6 is 0 Å². The van der Waals surface area contributed by atoms with Crippen LogP contribution in [-0.2, 0) is 0 Å². The van der Waals surface area contributed by atoms with E-state index in [9.17, 15) is 13.2 Å². The van der Waals surface area contributed by atoms with Gasteiger partial charge >= 0.3 is 0 Å². The van der Waals surface area contributed by atoms with Crippen LogP contribution in [0.25, 0.3) is 11.1 Å². The highest BCUT2D eigenvalue weighted by Gasteiger charge is 2.23. The lowest BCUT2D eigenvalue weighted by Gasteiger charge is -2.29. The second-order valence-electron chi connectivity index (χ2n) is 7.07. The number of aromatic nitrogens is 1. The third-order valence-electron chi connectivity index (χ3n) is 5.38. The lowest BCUT2D eigenvalue weighted by molar-refractivity contribution is 0.304. The van der Waals surface area contributed by atoms with Gasteiger partial charge in [0.1, 0.15) is 5.82 Å². The second kappa shape index (κ2) is 8.03. The quantitative estimate of drug-likeness (QED) is 0.553. The van der Waals surface area contributed by atoms with E-state index in [2.05, 4.69) is 11.9 Å². The minimum absolute atomic E-state index is 0.00581. The van der Waals surface area contributed by atoms with Gasteiger partial charge in [0.2, 0.25) is 11.9 Å². The molecule has 3 rings (SSSR count). The number of nitrogens with zero attached hydrogens (tertiary/aromatic N) is 1. The number of halogens is 3. The predicted molar refractivity (Wildman–Crippen MR) is 93.8 cm³/mol. The van der Waals surface area contributed by atoms with Crippen LogP contribution in [0.1, 0.15) is 63.4 Å². The molecule has 0 radical (unpaired) electrons. The van der Waals surface area contributed by atoms with E-state index in [1.54, 1.807) is 6.07 Å². The number of unbranched alkanes of at least 4 members (excludes halogenated alkanes) is 1. The summed E-state index contributed by atoms with van der Waals surface area (Å²) in [5.41, 5.74) is 1.10. The van der Waals surface area contributed by atoms with Gasteiger partial charge in [-0.3, -0.25) is 0 Å². The summed E-state index contributed by atoms with van der Waals surface area (Å²) in [7, 11) is 0. The molecule has 1 nitrogen and oxygen atoms in total. The molecule has 1 saturated carbocycles. The zero-order valence-electron chi connectivity index (χ0n) is 14.6. The van der Waals surface area contributed by atoms with E-state index in [0.717, 1.165) is 30.4 Å². The smallest absolute Gasteiger partial charge is 0.206 e. The summed E-state index contributed by atoms with van der Waals surface area (Å²) in [6, 6.07) is 7.25. The summed E-state index contributed by atoms with van der Waals surface area (Å²) in [6.07, 6.45) is 8.39. The maximum absolute atomic E-state index is 14.5. The summed E-state index contributed by atoms with van der Waals surface area (Å²) >= 11 is 0. The molecule has 1 aliphatic carbocycles. The van der Waals surface area contributed by atoms with E-state index in [4.69, 9.17) is 0 Å². The van der Waals surface area contributed by atoms with Crippen molar-refractivity contribution in [3.05, 3.63) is 53.6 Å². The Morgan fingerprint density at radius 2 is 1.68 bits per heavy atom. The highest BCUT2D eigenvalue weighted by atomic mass is 19.1. The third kappa shape index (κ3) is 4.23. The molecule has 0 saturated heterocycles. The monoisotopic (exact) mass is 347 g/mol. The van der Waals surface area contributed by atoms with E-state index in [1.165, 1.54) is 44.2 Å². The van der Waals surface area contributed by atoms with Crippen molar-refractivity contribution in [2.24, 2.45) is 5.92 Å². The molecule has 1 aromatic heterocycles. The fourth-order valence-electron chi connectivity index (χ4n) is 3.89. The van der Waals surface area contributed by atoms with Gasteiger partial charge < -0.3 is 0 Å². The van der Waals surface area contributed by atoms with E-state index in [-0.39, 0.29) is 11.1 Å². The molecule has 1 aliphatic rings. The third-order valence-corrected chi connectivity index (χ3v) is 5.38. The van der Waals surface area contributed by atoms with Crippen LogP contribution in [0, 0.1) is 23.6 Å². The van der Waals surface area contributed by atoms with E-state index < -0.39 is 17.7 Å². The Morgan fingerprint density at radius 1 is 0.960 bits per heavy atom. The van der Waals surface area contributed by atoms with Crippen molar-refractivity contribution in [3.63, 3.8) is 0 Å². The second-order valence-corrected chi connectivity index (χ2v) is 7.07. The van der Waals surface area contributed by atoms with Gasteiger partial charge in [-0.05, 0) is 61.3 Å². The van der Waals surface area contributed by atoms with Gasteiger partial charge in [0.15, 0.2) is 0 Å². The first-order valence-electron chi connectivity index (χ1n) is 9.20. The summed E-state index contributed by atoms with van der Waals surface area (Å²) in [6.45, 7) is 2.22. The van der Waals surface area contributed by atoms with Crippen molar-refractivity contribution in [2.75, 3.05) is 0 Å². The molecule has 1 aromatic carbocycles. The van der Waals surface area contributed by atoms with E-state index in [1.807, 2.05) is 6.07 Å². The largest absolute Gasteiger partial charge is 0.223 e. The topological polar surface area (TPSA) is 12.9 Å². The summed E-state index contributed by atoms with van der Waals surface area (Å²) in [5.74, 6) is -1.18. The summed E-state index contributed by atoms with van der Waals surface area (Å²) in [5, 5.41) is 0. The number of hydrogen-bond donors (Lipinski definition) is 0. The number of pyridine rings is 1. The molecule has 0 spiro atoms. The van der Waals surface area contributed by atoms with Crippen molar-refractivity contribution < 1.29 is 13.2 Å². The lowest BCUT2D eigenvalue weighted by Crippen LogP contribution is -2.13. The van der Waals surface area contributed by atoms with Gasteiger partial charge in [0, 0.05) is 11.1 Å². The summed E-state index contributed by atoms with van der Waals surface area (Å²) < 4.78 is 41.3. The van der Waals surface area contributed by atoms with Crippen LogP contribution in [0.4, 0.5) is 13.2 Å². The molecule has 0 amide bonds. The van der Waals surface area contributed by atoms with Crippen molar-refractivity contribution in [3.8, 4) is 11.1 Å². The highest BCUT2D eigenvalue weighted by Crippen LogP contribution is 2.38. The molecule has 0 atom stereocenters. The molecule has 4 heteroatoms. The standard InChI is InChI=1S/C21H24F3N/c1-2-3-4-14-5-7-15(8-6-14)16-9-10-17(19(22)13-16)18-11-12-20(23)25-21(18)24/h9-15H,2-8H2,1H3. The maximum Gasteiger partial charge on any atom is 0.223 e. The fourth-order valence-corrected chi connectivity index (χ4v) is 3.89. The molecule has 0 N–H and O–H groups in total. The number of hydrogen-bond acceptors (Lipinski definition) is 1. The number of benzene rings is 1. The molecule has 0 aliphatic heterocycles. The van der Waals surface area contributed by atoms with Crippen molar-refractivity contribution in [1.82, 2.24) is 4.98 Å². The van der Waals surface area contributed by atoms with Crippen LogP contribution in [0.3, 0.4) is 0 Å². The first kappa shape index (κ1) is 18.0. The van der Waals surface area contributed by atoms with Crippen LogP contribution in [0.5, 0.6) is 0 Å². The van der Waals surface area contributed by atoms with Gasteiger partial charge in [-0.25, -0.2) is 4.39 Å². The highest BCUT2D eigenvalue weighted by molar-refractivity contribution is 5.64. The lowest BCUT2D eigenvalue weighted by atomic mass is 9.77. The average molecular weight is 347 g/mol. The molecular formula is C21H24F3N. The van der Waals surface area contributed by atoms with Crippen LogP contribution in [0.15, 0.2) is 30.3 Å². The van der Waals surface area contributed by atoms with Crippen LogP contribution in [0.2, 0.25) is 0 Å². The molecule has 0 bridgehead atoms. The molecule has 2 aromatic rings. The normalized spacial score (nSPS) is 20.6. The van der Waals surface area contributed by atoms with Gasteiger partial charge in [-0.1, -0.05) is 38.3 Å². The molecular weight excluding hydrogens is 323 g/mol. The van der Waals surface area contributed by atoms with Crippen molar-refractivity contribution in [2.45, 2.75) is 57.8 Å². The van der Waals surface area contributed by atoms with Crippen molar-refractivity contribution >= 4 is 0 Å². The molecule has 0 unspecified atom stereocenters. The average Bonchev–Trinajstić information content (AvgIpc) is 2.61. The Morgan fingerprint density at radius 3 is 2.32 bits per heavy atom. The van der Waals surface area contributed by atoms with Crippen LogP contribution < -0.4 is 0 Å². The first-order chi connectivity index (χ1) is 12.1. The Kier molecular flexibility index (Phi) is 5.77.